The second-order valence-corrected chi connectivity index (χ2v) is 12.2. The molecule has 0 nitrogen and oxygen atoms in total. The van der Waals surface area contributed by atoms with Crippen LogP contribution in [-0.4, -0.2) is 8.07 Å². The van der Waals surface area contributed by atoms with Gasteiger partial charge in [0, 0.05) is 0 Å². The van der Waals surface area contributed by atoms with Crippen molar-refractivity contribution in [3.8, 4) is 0 Å². The minimum Gasteiger partial charge on any atom is -0.0689 e. The molecule has 2 rings (SSSR count). The maximum Gasteiger partial charge on any atom is 0.0557 e. The molecule has 1 heteroatoms. The molecule has 2 aromatic rings. The summed E-state index contributed by atoms with van der Waals surface area (Å²) in [6.07, 6.45) is 1.13. The molecule has 0 amide bonds. The fourth-order valence-electron chi connectivity index (χ4n) is 2.61. The third kappa shape index (κ3) is 2.98. The Morgan fingerprint density at radius 2 is 1.26 bits per heavy atom. The van der Waals surface area contributed by atoms with Crippen molar-refractivity contribution in [3.63, 3.8) is 0 Å². The molecule has 0 bridgehead atoms. The molecular formula is C18H24Si. The first-order valence-corrected chi connectivity index (χ1v) is 10.5. The van der Waals surface area contributed by atoms with Crippen LogP contribution in [0.2, 0.25) is 19.6 Å². The van der Waals surface area contributed by atoms with Gasteiger partial charge in [-0.3, -0.25) is 0 Å². The van der Waals surface area contributed by atoms with Crippen molar-refractivity contribution < 1.29 is 0 Å². The Kier molecular flexibility index (Phi) is 3.95. The molecule has 0 radical (unpaired) electrons. The Morgan fingerprint density at radius 1 is 0.789 bits per heavy atom. The molecule has 0 aliphatic rings. The molecule has 0 saturated heterocycles. The van der Waals surface area contributed by atoms with Crippen molar-refractivity contribution in [2.45, 2.75) is 38.0 Å². The summed E-state index contributed by atoms with van der Waals surface area (Å²) in [7, 11) is -1.33. The molecule has 0 saturated carbocycles. The summed E-state index contributed by atoms with van der Waals surface area (Å²) in [5, 5.41) is 0.273. The predicted molar refractivity (Wildman–Crippen MR) is 87.3 cm³/mol. The van der Waals surface area contributed by atoms with E-state index in [2.05, 4.69) is 87.2 Å². The van der Waals surface area contributed by atoms with Crippen LogP contribution in [0, 0.1) is 0 Å². The fraction of sp³-hybridized carbons (Fsp3) is 0.333. The van der Waals surface area contributed by atoms with Crippen LogP contribution in [0.15, 0.2) is 60.7 Å². The second kappa shape index (κ2) is 5.34. The zero-order valence-electron chi connectivity index (χ0n) is 12.5. The lowest BCUT2D eigenvalue weighted by Gasteiger charge is -2.41. The summed E-state index contributed by atoms with van der Waals surface area (Å²) < 4.78 is 0. The van der Waals surface area contributed by atoms with Gasteiger partial charge in [-0.1, -0.05) is 87.2 Å². The van der Waals surface area contributed by atoms with Gasteiger partial charge in [-0.25, -0.2) is 0 Å². The predicted octanol–water partition coefficient (Wildman–Crippen LogP) is 5.06. The van der Waals surface area contributed by atoms with Crippen LogP contribution < -0.4 is 0 Å². The van der Waals surface area contributed by atoms with Gasteiger partial charge in [0.05, 0.1) is 8.07 Å². The van der Waals surface area contributed by atoms with Gasteiger partial charge < -0.3 is 0 Å². The van der Waals surface area contributed by atoms with E-state index in [1.54, 1.807) is 0 Å². The average molecular weight is 268 g/mol. The molecule has 100 valence electrons. The normalized spacial score (nSPS) is 14.9. The smallest absolute Gasteiger partial charge is 0.0557 e. The van der Waals surface area contributed by atoms with Crippen LogP contribution in [0.5, 0.6) is 0 Å². The van der Waals surface area contributed by atoms with Crippen molar-refractivity contribution in [3.05, 3.63) is 71.8 Å². The van der Waals surface area contributed by atoms with Gasteiger partial charge in [0.1, 0.15) is 0 Å². The molecule has 1 atom stereocenters. The average Bonchev–Trinajstić information content (AvgIpc) is 2.39. The van der Waals surface area contributed by atoms with Crippen LogP contribution in [0.25, 0.3) is 0 Å². The first-order chi connectivity index (χ1) is 8.93. The van der Waals surface area contributed by atoms with E-state index < -0.39 is 8.07 Å². The summed E-state index contributed by atoms with van der Waals surface area (Å²) in [6, 6.07) is 21.9. The highest BCUT2D eigenvalue weighted by Gasteiger charge is 2.40. The van der Waals surface area contributed by atoms with Crippen LogP contribution in [-0.2, 0) is 11.5 Å². The van der Waals surface area contributed by atoms with Gasteiger partial charge in [0.15, 0.2) is 0 Å². The maximum absolute atomic E-state index is 2.48. The second-order valence-electron chi connectivity index (χ2n) is 6.61. The SMILES string of the molecule is C[C@](Cc1ccccc1)(c1ccccc1)[Si](C)(C)C. The van der Waals surface area contributed by atoms with Crippen molar-refractivity contribution in [2.75, 3.05) is 0 Å². The van der Waals surface area contributed by atoms with Crippen LogP contribution in [0.4, 0.5) is 0 Å². The molecule has 0 unspecified atom stereocenters. The fourth-order valence-corrected chi connectivity index (χ4v) is 4.38. The highest BCUT2D eigenvalue weighted by molar-refractivity contribution is 6.79. The largest absolute Gasteiger partial charge is 0.0689 e. The van der Waals surface area contributed by atoms with Gasteiger partial charge >= 0.3 is 0 Å². The third-order valence-electron chi connectivity index (χ3n) is 4.47. The van der Waals surface area contributed by atoms with E-state index in [0.29, 0.717) is 0 Å². The van der Waals surface area contributed by atoms with E-state index in [1.165, 1.54) is 11.1 Å². The quantitative estimate of drug-likeness (QED) is 0.680. The third-order valence-corrected chi connectivity index (χ3v) is 8.24. The van der Waals surface area contributed by atoms with Crippen molar-refractivity contribution in [2.24, 2.45) is 0 Å². The van der Waals surface area contributed by atoms with Crippen molar-refractivity contribution in [1.29, 1.82) is 0 Å². The Balaban J connectivity index is 2.42. The van der Waals surface area contributed by atoms with Gasteiger partial charge in [0.25, 0.3) is 0 Å². The molecule has 2 aromatic carbocycles. The van der Waals surface area contributed by atoms with Crippen molar-refractivity contribution in [1.82, 2.24) is 0 Å². The Bertz CT molecular complexity index is 510. The molecule has 0 aliphatic carbocycles. The highest BCUT2D eigenvalue weighted by atomic mass is 28.3. The van der Waals surface area contributed by atoms with Gasteiger partial charge in [-0.05, 0) is 22.6 Å². The summed E-state index contributed by atoms with van der Waals surface area (Å²) >= 11 is 0. The lowest BCUT2D eigenvalue weighted by molar-refractivity contribution is 0.636. The highest BCUT2D eigenvalue weighted by Crippen LogP contribution is 2.37. The standard InChI is InChI=1S/C18H24Si/c1-18(19(2,3)4,17-13-9-6-10-14-17)15-16-11-7-5-8-12-16/h5-14H,15H2,1-4H3/t18-/m0/s1. The first-order valence-electron chi connectivity index (χ1n) is 7.03. The minimum atomic E-state index is -1.33. The van der Waals surface area contributed by atoms with E-state index in [1.807, 2.05) is 0 Å². The molecule has 0 heterocycles. The van der Waals surface area contributed by atoms with E-state index in [0.717, 1.165) is 6.42 Å². The number of hydrogen-bond acceptors (Lipinski definition) is 0. The van der Waals surface area contributed by atoms with Crippen LogP contribution >= 0.6 is 0 Å². The Labute approximate surface area is 118 Å². The molecule has 0 N–H and O–H groups in total. The summed E-state index contributed by atoms with van der Waals surface area (Å²) in [5.74, 6) is 0. The van der Waals surface area contributed by atoms with Crippen LogP contribution in [0.1, 0.15) is 18.1 Å². The lowest BCUT2D eigenvalue weighted by Crippen LogP contribution is -2.48. The first kappa shape index (κ1) is 14.1. The summed E-state index contributed by atoms with van der Waals surface area (Å²) in [4.78, 5) is 0. The Morgan fingerprint density at radius 3 is 1.74 bits per heavy atom. The molecule has 19 heavy (non-hydrogen) atoms. The molecular weight excluding hydrogens is 244 g/mol. The van der Waals surface area contributed by atoms with Gasteiger partial charge in [-0.15, -0.1) is 0 Å². The van der Waals surface area contributed by atoms with E-state index >= 15 is 0 Å². The van der Waals surface area contributed by atoms with E-state index in [-0.39, 0.29) is 5.04 Å². The number of benzene rings is 2. The number of hydrogen-bond donors (Lipinski definition) is 0. The van der Waals surface area contributed by atoms with Crippen molar-refractivity contribution >= 4 is 8.07 Å². The molecule has 0 aromatic heterocycles. The number of rotatable bonds is 4. The lowest BCUT2D eigenvalue weighted by atomic mass is 9.92. The van der Waals surface area contributed by atoms with Gasteiger partial charge in [-0.2, -0.15) is 0 Å². The van der Waals surface area contributed by atoms with Gasteiger partial charge in [0.2, 0.25) is 0 Å². The molecule has 0 spiro atoms. The monoisotopic (exact) mass is 268 g/mol. The minimum absolute atomic E-state index is 0.273. The topological polar surface area (TPSA) is 0 Å². The zero-order chi connectivity index (χ0) is 13.9. The zero-order valence-corrected chi connectivity index (χ0v) is 13.5. The van der Waals surface area contributed by atoms with Crippen LogP contribution in [0.3, 0.4) is 0 Å². The van der Waals surface area contributed by atoms with E-state index in [9.17, 15) is 0 Å². The molecule has 0 aliphatic heterocycles. The van der Waals surface area contributed by atoms with E-state index in [4.69, 9.17) is 0 Å². The summed E-state index contributed by atoms with van der Waals surface area (Å²) in [6.45, 7) is 9.87. The maximum atomic E-state index is 2.48. The molecule has 0 fully saturated rings. The summed E-state index contributed by atoms with van der Waals surface area (Å²) in [5.41, 5.74) is 2.93. The Hall–Kier alpha value is -1.34.